The van der Waals surface area contributed by atoms with Crippen LogP contribution in [0.15, 0.2) is 35.0 Å². The molecule has 0 atom stereocenters. The third-order valence-electron chi connectivity index (χ3n) is 4.20. The Morgan fingerprint density at radius 2 is 1.87 bits per heavy atom. The minimum absolute atomic E-state index is 0.0226. The molecule has 12 heteroatoms. The molecule has 2 aromatic heterocycles. The molecule has 8 nitrogen and oxygen atoms in total. The summed E-state index contributed by atoms with van der Waals surface area (Å²) in [4.78, 5) is 16.3. The SMILES string of the molecule is Cc1cc(C=C(C#N)C(=O)Nc2nc(S(C)(=O)=O)ns2)c(C)n1-c1cc(Cl)cc(Cl)c1. The van der Waals surface area contributed by atoms with Gasteiger partial charge in [-0.15, -0.1) is 0 Å². The van der Waals surface area contributed by atoms with Crippen LogP contribution in [-0.4, -0.2) is 34.5 Å². The van der Waals surface area contributed by atoms with Crippen LogP contribution in [0.2, 0.25) is 10.0 Å². The summed E-state index contributed by atoms with van der Waals surface area (Å²) in [5.74, 6) is -0.727. The van der Waals surface area contributed by atoms with Crippen LogP contribution in [0, 0.1) is 25.2 Å². The Bertz CT molecular complexity index is 1350. The Hall–Kier alpha value is -2.71. The van der Waals surface area contributed by atoms with Gasteiger partial charge in [0.1, 0.15) is 11.6 Å². The van der Waals surface area contributed by atoms with E-state index in [2.05, 4.69) is 14.7 Å². The Morgan fingerprint density at radius 3 is 2.42 bits per heavy atom. The molecule has 1 N–H and O–H groups in total. The van der Waals surface area contributed by atoms with Gasteiger partial charge in [0, 0.05) is 44.9 Å². The van der Waals surface area contributed by atoms with Crippen molar-refractivity contribution in [2.75, 3.05) is 11.6 Å². The van der Waals surface area contributed by atoms with Crippen LogP contribution in [0.5, 0.6) is 0 Å². The third-order valence-corrected chi connectivity index (χ3v) is 6.23. The van der Waals surface area contributed by atoms with Gasteiger partial charge in [-0.05, 0) is 49.8 Å². The maximum absolute atomic E-state index is 12.5. The van der Waals surface area contributed by atoms with Gasteiger partial charge in [0.25, 0.3) is 11.1 Å². The number of anilines is 1. The number of aromatic nitrogens is 3. The maximum atomic E-state index is 12.5. The van der Waals surface area contributed by atoms with E-state index in [1.807, 2.05) is 30.6 Å². The van der Waals surface area contributed by atoms with E-state index in [1.54, 1.807) is 18.2 Å². The number of aryl methyl sites for hydroxylation is 1. The Balaban J connectivity index is 1.93. The van der Waals surface area contributed by atoms with E-state index in [1.165, 1.54) is 6.08 Å². The van der Waals surface area contributed by atoms with Gasteiger partial charge >= 0.3 is 0 Å². The molecule has 0 spiro atoms. The molecule has 1 aromatic carbocycles. The Labute approximate surface area is 192 Å². The molecule has 0 radical (unpaired) electrons. The number of sulfone groups is 1. The smallest absolute Gasteiger partial charge is 0.268 e. The van der Waals surface area contributed by atoms with Crippen LogP contribution in [0.3, 0.4) is 0 Å². The van der Waals surface area contributed by atoms with Gasteiger partial charge in [-0.2, -0.15) is 14.6 Å². The van der Waals surface area contributed by atoms with E-state index in [4.69, 9.17) is 23.2 Å². The number of amides is 1. The zero-order valence-electron chi connectivity index (χ0n) is 16.5. The number of hydrogen-bond donors (Lipinski definition) is 1. The van der Waals surface area contributed by atoms with Crippen LogP contribution in [0.4, 0.5) is 5.13 Å². The van der Waals surface area contributed by atoms with Crippen molar-refractivity contribution in [3.63, 3.8) is 0 Å². The number of nitrogens with one attached hydrogen (secondary N) is 1. The average molecular weight is 496 g/mol. The second kappa shape index (κ2) is 8.80. The molecule has 0 aliphatic carbocycles. The van der Waals surface area contributed by atoms with E-state index in [-0.39, 0.29) is 15.9 Å². The standard InChI is InChI=1S/C19H15Cl2N5O3S2/c1-10-4-12(11(2)26(10)16-7-14(20)6-15(21)8-16)5-13(9-22)17(27)23-18-24-19(25-30-18)31(3,28)29/h4-8H,1-3H3,(H,23,24,25,27). The number of hydrogen-bond acceptors (Lipinski definition) is 7. The van der Waals surface area contributed by atoms with Crippen LogP contribution < -0.4 is 5.32 Å². The molecule has 0 aliphatic heterocycles. The van der Waals surface area contributed by atoms with Crippen molar-refractivity contribution in [1.29, 1.82) is 5.26 Å². The van der Waals surface area contributed by atoms with E-state index < -0.39 is 15.7 Å². The Kier molecular flexibility index (Phi) is 6.52. The van der Waals surface area contributed by atoms with Crippen molar-refractivity contribution < 1.29 is 13.2 Å². The predicted octanol–water partition coefficient (Wildman–Crippen LogP) is 4.20. The molecule has 31 heavy (non-hydrogen) atoms. The lowest BCUT2D eigenvalue weighted by Crippen LogP contribution is -2.13. The first-order valence-electron chi connectivity index (χ1n) is 8.62. The summed E-state index contributed by atoms with van der Waals surface area (Å²) in [6.45, 7) is 3.71. The summed E-state index contributed by atoms with van der Waals surface area (Å²) in [6.07, 6.45) is 2.41. The minimum atomic E-state index is -3.60. The molecule has 0 bridgehead atoms. The van der Waals surface area contributed by atoms with Gasteiger partial charge in [0.15, 0.2) is 0 Å². The highest BCUT2D eigenvalue weighted by atomic mass is 35.5. The molecule has 0 unspecified atom stereocenters. The lowest BCUT2D eigenvalue weighted by molar-refractivity contribution is -0.112. The molecule has 0 aliphatic rings. The van der Waals surface area contributed by atoms with Gasteiger partial charge in [0.2, 0.25) is 15.0 Å². The molecule has 0 saturated heterocycles. The van der Waals surface area contributed by atoms with E-state index in [0.717, 1.165) is 23.3 Å². The fraction of sp³-hybridized carbons (Fsp3) is 0.158. The second-order valence-corrected chi connectivity index (χ2v) is 10.1. The first-order chi connectivity index (χ1) is 14.5. The largest absolute Gasteiger partial charge is 0.318 e. The van der Waals surface area contributed by atoms with E-state index in [9.17, 15) is 18.5 Å². The van der Waals surface area contributed by atoms with Crippen LogP contribution in [0.1, 0.15) is 17.0 Å². The molecule has 160 valence electrons. The van der Waals surface area contributed by atoms with Crippen molar-refractivity contribution in [2.45, 2.75) is 19.0 Å². The number of rotatable bonds is 5. The minimum Gasteiger partial charge on any atom is -0.318 e. The number of carbonyl (C=O) groups excluding carboxylic acids is 1. The first kappa shape index (κ1) is 23.0. The monoisotopic (exact) mass is 495 g/mol. The molecule has 3 rings (SSSR count). The van der Waals surface area contributed by atoms with Crippen LogP contribution in [0.25, 0.3) is 11.8 Å². The molecular formula is C19H15Cl2N5O3S2. The number of benzene rings is 1. The summed E-state index contributed by atoms with van der Waals surface area (Å²) < 4.78 is 28.6. The summed E-state index contributed by atoms with van der Waals surface area (Å²) in [5, 5.41) is 12.4. The van der Waals surface area contributed by atoms with Gasteiger partial charge < -0.3 is 4.57 Å². The molecule has 2 heterocycles. The number of nitriles is 1. The molecule has 0 fully saturated rings. The molecule has 3 aromatic rings. The van der Waals surface area contributed by atoms with Gasteiger partial charge in [-0.1, -0.05) is 23.2 Å². The van der Waals surface area contributed by atoms with Gasteiger partial charge in [-0.3, -0.25) is 10.1 Å². The highest BCUT2D eigenvalue weighted by Gasteiger charge is 2.18. The fourth-order valence-corrected chi connectivity index (χ4v) is 4.83. The van der Waals surface area contributed by atoms with Crippen molar-refractivity contribution >= 4 is 61.7 Å². The summed E-state index contributed by atoms with van der Waals surface area (Å²) in [7, 11) is -3.60. The van der Waals surface area contributed by atoms with Crippen LogP contribution >= 0.6 is 34.7 Å². The topological polar surface area (TPSA) is 118 Å². The zero-order valence-corrected chi connectivity index (χ0v) is 19.6. The maximum Gasteiger partial charge on any atom is 0.268 e. The zero-order chi connectivity index (χ0) is 22.9. The highest BCUT2D eigenvalue weighted by Crippen LogP contribution is 2.27. The summed E-state index contributed by atoms with van der Waals surface area (Å²) in [6, 6.07) is 8.82. The highest BCUT2D eigenvalue weighted by molar-refractivity contribution is 7.90. The van der Waals surface area contributed by atoms with Gasteiger partial charge in [0.05, 0.1) is 0 Å². The average Bonchev–Trinajstić information content (AvgIpc) is 3.23. The van der Waals surface area contributed by atoms with Crippen molar-refractivity contribution in [3.05, 3.63) is 56.8 Å². The van der Waals surface area contributed by atoms with E-state index >= 15 is 0 Å². The van der Waals surface area contributed by atoms with Gasteiger partial charge in [-0.25, -0.2) is 8.42 Å². The third kappa shape index (κ3) is 5.14. The summed E-state index contributed by atoms with van der Waals surface area (Å²) in [5.41, 5.74) is 2.83. The molecule has 0 saturated carbocycles. The normalized spacial score (nSPS) is 11.9. The van der Waals surface area contributed by atoms with Crippen molar-refractivity contribution in [1.82, 2.24) is 13.9 Å². The lowest BCUT2D eigenvalue weighted by atomic mass is 10.1. The quantitative estimate of drug-likeness (QED) is 0.418. The van der Waals surface area contributed by atoms with E-state index in [0.29, 0.717) is 27.1 Å². The second-order valence-electron chi connectivity index (χ2n) is 6.57. The predicted molar refractivity (Wildman–Crippen MR) is 121 cm³/mol. The first-order valence-corrected chi connectivity index (χ1v) is 12.0. The Morgan fingerprint density at radius 1 is 1.23 bits per heavy atom. The van der Waals surface area contributed by atoms with Crippen molar-refractivity contribution in [3.8, 4) is 11.8 Å². The fourth-order valence-electron chi connectivity index (χ4n) is 2.88. The molecule has 1 amide bonds. The number of carbonyl (C=O) groups is 1. The number of nitrogens with zero attached hydrogens (tertiary/aromatic N) is 4. The lowest BCUT2D eigenvalue weighted by Gasteiger charge is -2.10. The van der Waals surface area contributed by atoms with Crippen molar-refractivity contribution in [2.24, 2.45) is 0 Å². The summed E-state index contributed by atoms with van der Waals surface area (Å²) >= 11 is 12.9. The number of halogens is 2. The molecular weight excluding hydrogens is 481 g/mol. The van der Waals surface area contributed by atoms with Crippen LogP contribution in [-0.2, 0) is 14.6 Å².